The van der Waals surface area contributed by atoms with E-state index < -0.39 is 23.2 Å². The van der Waals surface area contributed by atoms with Crippen LogP contribution in [0.25, 0.3) is 0 Å². The number of benzene rings is 1. The molecule has 1 atom stereocenters. The molecule has 0 saturated carbocycles. The third kappa shape index (κ3) is 7.33. The Bertz CT molecular complexity index is 460. The number of hydrogen-bond acceptors (Lipinski definition) is 0. The molecule has 1 aliphatic rings. The van der Waals surface area contributed by atoms with Crippen molar-refractivity contribution in [2.45, 2.75) is 16.5 Å². The monoisotopic (exact) mass is 439 g/mol. The number of hydrogen-bond donors (Lipinski definition) is 0. The first kappa shape index (κ1) is 24.1. The Morgan fingerprint density at radius 3 is 2.19 bits per heavy atom. The minimum absolute atomic E-state index is 0. The number of allylic oxidation sites excluding steroid dienone is 4. The Balaban J connectivity index is 0. The molecule has 0 fully saturated rings. The van der Waals surface area contributed by atoms with Crippen molar-refractivity contribution >= 4 is 7.92 Å². The molecular formula is C16H21Cl3PZr. The van der Waals surface area contributed by atoms with Gasteiger partial charge in [0.2, 0.25) is 0 Å². The molecule has 1 aliphatic carbocycles. The first-order valence-corrected chi connectivity index (χ1v) is 11.3. The van der Waals surface area contributed by atoms with Gasteiger partial charge in [-0.25, -0.2) is 0 Å². The predicted molar refractivity (Wildman–Crippen MR) is 79.3 cm³/mol. The second-order valence-corrected chi connectivity index (χ2v) is 12.8. The van der Waals surface area contributed by atoms with Crippen molar-refractivity contribution in [3.63, 3.8) is 0 Å². The first-order chi connectivity index (χ1) is 8.60. The van der Waals surface area contributed by atoms with Crippen LogP contribution in [0.2, 0.25) is 0 Å². The van der Waals surface area contributed by atoms with Gasteiger partial charge in [0, 0.05) is 0 Å². The molecule has 1 unspecified atom stereocenters. The molecule has 0 spiro atoms. The summed E-state index contributed by atoms with van der Waals surface area (Å²) in [6.07, 6.45) is 9.53. The van der Waals surface area contributed by atoms with Gasteiger partial charge in [0.25, 0.3) is 0 Å². The molecular weight excluding hydrogens is 421 g/mol. The Morgan fingerprint density at radius 1 is 1.10 bits per heavy atom. The summed E-state index contributed by atoms with van der Waals surface area (Å²) in [5.74, 6) is 0. The summed E-state index contributed by atoms with van der Waals surface area (Å²) in [6.45, 7) is 7.34. The quantitative estimate of drug-likeness (QED) is 0.405. The van der Waals surface area contributed by atoms with Gasteiger partial charge in [-0.15, -0.1) is 0 Å². The maximum atomic E-state index is 2.51. The van der Waals surface area contributed by atoms with Crippen LogP contribution in [-0.4, -0.2) is 19.5 Å². The molecule has 0 aromatic heterocycles. The zero-order chi connectivity index (χ0) is 13.0. The fourth-order valence-electron chi connectivity index (χ4n) is 2.54. The van der Waals surface area contributed by atoms with Gasteiger partial charge in [-0.05, 0) is 0 Å². The maximum absolute atomic E-state index is 2.51. The summed E-state index contributed by atoms with van der Waals surface area (Å²) in [5.41, 5.74) is 1.57. The van der Waals surface area contributed by atoms with Crippen LogP contribution < -0.4 is 37.2 Å². The molecule has 0 aliphatic heterocycles. The van der Waals surface area contributed by atoms with Gasteiger partial charge < -0.3 is 37.2 Å². The van der Waals surface area contributed by atoms with E-state index in [-0.39, 0.29) is 45.1 Å². The Hall–Kier alpha value is 0.883. The topological polar surface area (TPSA) is 0 Å². The summed E-state index contributed by atoms with van der Waals surface area (Å²) in [5, 5.41) is 0. The fourth-order valence-corrected chi connectivity index (χ4v) is 10.5. The molecule has 115 valence electrons. The van der Waals surface area contributed by atoms with E-state index in [0.29, 0.717) is 3.12 Å². The standard InChI is InChI=1S/C11H16P.C5H5.3ClH.Zr/c1-10(9-12(2)3)11-7-5-4-6-8-11;1-2-4-5-3-1;;;;/h4-8H,9H2,1-3H3;1-3H,4H2;3*1H;/q;;;;;+3/p-3. The van der Waals surface area contributed by atoms with Crippen LogP contribution in [0.1, 0.15) is 18.9 Å². The van der Waals surface area contributed by atoms with E-state index in [4.69, 9.17) is 0 Å². The van der Waals surface area contributed by atoms with Gasteiger partial charge in [-0.2, -0.15) is 0 Å². The third-order valence-electron chi connectivity index (χ3n) is 3.25. The molecule has 0 bridgehead atoms. The van der Waals surface area contributed by atoms with Crippen LogP contribution in [0.4, 0.5) is 0 Å². The average molecular weight is 442 g/mol. The van der Waals surface area contributed by atoms with Gasteiger partial charge in [0.15, 0.2) is 0 Å². The van der Waals surface area contributed by atoms with Crippen molar-refractivity contribution in [1.82, 2.24) is 0 Å². The van der Waals surface area contributed by atoms with Crippen LogP contribution >= 0.6 is 7.92 Å². The molecule has 5 heteroatoms. The summed E-state index contributed by atoms with van der Waals surface area (Å²) < 4.78 is 2.22. The second-order valence-electron chi connectivity index (χ2n) is 5.39. The van der Waals surface area contributed by atoms with E-state index in [1.165, 1.54) is 12.6 Å². The smallest absolute Gasteiger partial charge is 1.00 e. The maximum Gasteiger partial charge on any atom is -1.00 e. The summed E-state index contributed by atoms with van der Waals surface area (Å²) >= 11 is -0.539. The number of rotatable bonds is 5. The molecule has 0 saturated heterocycles. The Labute approximate surface area is 160 Å². The van der Waals surface area contributed by atoms with Crippen LogP contribution in [0.3, 0.4) is 0 Å². The first-order valence-electron chi connectivity index (χ1n) is 6.44. The van der Waals surface area contributed by atoms with Crippen molar-refractivity contribution < 1.29 is 60.5 Å². The van der Waals surface area contributed by atoms with Crippen molar-refractivity contribution in [1.29, 1.82) is 0 Å². The zero-order valence-electron chi connectivity index (χ0n) is 12.6. The largest absolute Gasteiger partial charge is 1.00 e. The van der Waals surface area contributed by atoms with E-state index >= 15 is 0 Å². The van der Waals surface area contributed by atoms with Crippen LogP contribution in [0.15, 0.2) is 51.8 Å². The molecule has 0 amide bonds. The van der Waals surface area contributed by atoms with Crippen molar-refractivity contribution in [3.8, 4) is 0 Å². The van der Waals surface area contributed by atoms with E-state index in [0.717, 1.165) is 0 Å². The molecule has 21 heavy (non-hydrogen) atoms. The molecule has 0 nitrogen and oxygen atoms in total. The fraction of sp³-hybridized carbons (Fsp3) is 0.375. The van der Waals surface area contributed by atoms with Gasteiger partial charge >= 0.3 is 125 Å². The minimum Gasteiger partial charge on any atom is -1.00 e. The van der Waals surface area contributed by atoms with E-state index in [1.807, 2.05) is 0 Å². The SMILES string of the molecule is CP(C)C[C](C)([Zr+3][C]1=CC=CC1)c1ccccc1.[Cl-].[Cl-].[Cl-]. The summed E-state index contributed by atoms with van der Waals surface area (Å²) in [7, 11) is 0.163. The molecule has 1 aromatic rings. The third-order valence-corrected chi connectivity index (χ3v) is 9.45. The second kappa shape index (κ2) is 11.4. The number of halogens is 3. The van der Waals surface area contributed by atoms with E-state index in [2.05, 4.69) is 68.8 Å². The van der Waals surface area contributed by atoms with Crippen LogP contribution in [0.5, 0.6) is 0 Å². The van der Waals surface area contributed by atoms with Crippen molar-refractivity contribution in [2.24, 2.45) is 0 Å². The van der Waals surface area contributed by atoms with Gasteiger partial charge in [0.1, 0.15) is 0 Å². The van der Waals surface area contributed by atoms with Crippen LogP contribution in [0, 0.1) is 0 Å². The molecule has 0 heterocycles. The summed E-state index contributed by atoms with van der Waals surface area (Å²) in [4.78, 5) is 0. The van der Waals surface area contributed by atoms with E-state index in [1.54, 1.807) is 8.84 Å². The zero-order valence-corrected chi connectivity index (χ0v) is 18.2. The molecule has 2 rings (SSSR count). The minimum atomic E-state index is -0.539. The molecule has 0 N–H and O–H groups in total. The van der Waals surface area contributed by atoms with Gasteiger partial charge in [-0.1, -0.05) is 0 Å². The normalized spacial score (nSPS) is 15.0. The van der Waals surface area contributed by atoms with E-state index in [9.17, 15) is 0 Å². The van der Waals surface area contributed by atoms with Gasteiger partial charge in [0.05, 0.1) is 0 Å². The Morgan fingerprint density at radius 2 is 1.71 bits per heavy atom. The van der Waals surface area contributed by atoms with Crippen molar-refractivity contribution in [3.05, 3.63) is 57.4 Å². The Kier molecular flexibility index (Phi) is 13.1. The summed E-state index contributed by atoms with van der Waals surface area (Å²) in [6, 6.07) is 11.2. The van der Waals surface area contributed by atoms with Gasteiger partial charge in [-0.3, -0.25) is 0 Å². The van der Waals surface area contributed by atoms with Crippen molar-refractivity contribution in [2.75, 3.05) is 19.5 Å². The average Bonchev–Trinajstić information content (AvgIpc) is 2.81. The molecule has 1 aromatic carbocycles. The van der Waals surface area contributed by atoms with Crippen LogP contribution in [-0.2, 0) is 26.4 Å². The predicted octanol–water partition coefficient (Wildman–Crippen LogP) is -4.42. The molecule has 0 radical (unpaired) electrons.